The van der Waals surface area contributed by atoms with Gasteiger partial charge in [0.1, 0.15) is 12.4 Å². The molecule has 6 nitrogen and oxygen atoms in total. The molecular weight excluding hydrogens is 505 g/mol. The van der Waals surface area contributed by atoms with E-state index < -0.39 is 6.10 Å². The second-order valence-corrected chi connectivity index (χ2v) is 7.08. The fraction of sp³-hybridized carbons (Fsp3) is 0.458. The predicted molar refractivity (Wildman–Crippen MR) is 138 cm³/mol. The molecule has 1 unspecified atom stereocenters. The summed E-state index contributed by atoms with van der Waals surface area (Å²) in [5.41, 5.74) is 3.27. The maximum absolute atomic E-state index is 10.3. The maximum atomic E-state index is 10.3. The molecule has 0 aromatic heterocycles. The van der Waals surface area contributed by atoms with Gasteiger partial charge in [-0.1, -0.05) is 42.5 Å². The molecule has 0 saturated carbocycles. The third kappa shape index (κ3) is 10.8. The van der Waals surface area contributed by atoms with Crippen molar-refractivity contribution in [3.05, 3.63) is 65.2 Å². The van der Waals surface area contributed by atoms with Crippen LogP contribution >= 0.6 is 24.0 Å². The van der Waals surface area contributed by atoms with E-state index in [0.29, 0.717) is 45.3 Å². The van der Waals surface area contributed by atoms with Crippen LogP contribution in [0.15, 0.2) is 53.5 Å². The van der Waals surface area contributed by atoms with Gasteiger partial charge in [0, 0.05) is 31.7 Å². The van der Waals surface area contributed by atoms with E-state index in [-0.39, 0.29) is 24.0 Å². The largest absolute Gasteiger partial charge is 0.491 e. The lowest BCUT2D eigenvalue weighted by molar-refractivity contribution is 0.110. The molecule has 0 spiro atoms. The normalized spacial score (nSPS) is 12.1. The molecule has 7 heteroatoms. The molecule has 1 atom stereocenters. The average molecular weight is 541 g/mol. The first-order valence-corrected chi connectivity index (χ1v) is 10.7. The molecule has 0 aliphatic carbocycles. The standard InChI is InChI=1S/C24H35N3O3.HI/c1-4-25-24(27-18-22(28)16-20-9-7-6-8-10-20)26-17-21-12-11-19(3)15-23(21)30-14-13-29-5-2;/h6-12,15,22,28H,4-5,13-14,16-18H2,1-3H3,(H2,25,26,27);1H. The number of rotatable bonds is 12. The van der Waals surface area contributed by atoms with Gasteiger partial charge in [-0.25, -0.2) is 4.99 Å². The minimum Gasteiger partial charge on any atom is -0.491 e. The van der Waals surface area contributed by atoms with E-state index in [2.05, 4.69) is 21.7 Å². The van der Waals surface area contributed by atoms with E-state index in [4.69, 9.17) is 9.47 Å². The Kier molecular flexibility index (Phi) is 13.9. The summed E-state index contributed by atoms with van der Waals surface area (Å²) in [6.07, 6.45) is 0.108. The van der Waals surface area contributed by atoms with Crippen molar-refractivity contribution in [2.45, 2.75) is 39.8 Å². The molecule has 3 N–H and O–H groups in total. The van der Waals surface area contributed by atoms with Crippen LogP contribution in [-0.4, -0.2) is 50.1 Å². The monoisotopic (exact) mass is 541 g/mol. The number of aliphatic imine (C=N–C) groups is 1. The summed E-state index contributed by atoms with van der Waals surface area (Å²) in [6.45, 7) is 9.44. The lowest BCUT2D eigenvalue weighted by Gasteiger charge is -2.16. The molecule has 2 aromatic rings. The third-order valence-electron chi connectivity index (χ3n) is 4.48. The van der Waals surface area contributed by atoms with Gasteiger partial charge in [-0.15, -0.1) is 24.0 Å². The molecule has 0 saturated heterocycles. The highest BCUT2D eigenvalue weighted by atomic mass is 127. The van der Waals surface area contributed by atoms with Gasteiger partial charge in [0.05, 0.1) is 19.3 Å². The van der Waals surface area contributed by atoms with Gasteiger partial charge < -0.3 is 25.2 Å². The Balaban J connectivity index is 0.00000480. The Bertz CT molecular complexity index is 772. The van der Waals surface area contributed by atoms with Gasteiger partial charge in [0.2, 0.25) is 0 Å². The Labute approximate surface area is 203 Å². The molecule has 0 fully saturated rings. The van der Waals surface area contributed by atoms with Crippen LogP contribution in [0.1, 0.15) is 30.5 Å². The van der Waals surface area contributed by atoms with E-state index in [9.17, 15) is 5.11 Å². The van der Waals surface area contributed by atoms with Crippen molar-refractivity contribution in [3.8, 4) is 5.75 Å². The number of nitrogens with one attached hydrogen (secondary N) is 2. The number of aliphatic hydroxyl groups is 1. The molecule has 0 aliphatic heterocycles. The van der Waals surface area contributed by atoms with Gasteiger partial charge in [0.15, 0.2) is 5.96 Å². The summed E-state index contributed by atoms with van der Waals surface area (Å²) in [7, 11) is 0. The average Bonchev–Trinajstić information content (AvgIpc) is 2.75. The summed E-state index contributed by atoms with van der Waals surface area (Å²) in [4.78, 5) is 4.67. The van der Waals surface area contributed by atoms with Crippen LogP contribution in [-0.2, 0) is 17.7 Å². The zero-order valence-corrected chi connectivity index (χ0v) is 21.1. The van der Waals surface area contributed by atoms with Crippen molar-refractivity contribution in [3.63, 3.8) is 0 Å². The topological polar surface area (TPSA) is 75.1 Å². The van der Waals surface area contributed by atoms with Crippen molar-refractivity contribution in [1.29, 1.82) is 0 Å². The first kappa shape index (κ1) is 27.2. The van der Waals surface area contributed by atoms with Crippen LogP contribution in [0.2, 0.25) is 0 Å². The number of hydrogen-bond donors (Lipinski definition) is 3. The van der Waals surface area contributed by atoms with E-state index in [1.54, 1.807) is 0 Å². The molecule has 0 radical (unpaired) electrons. The number of ether oxygens (including phenoxy) is 2. The van der Waals surface area contributed by atoms with Gasteiger partial charge >= 0.3 is 0 Å². The first-order valence-electron chi connectivity index (χ1n) is 10.7. The lowest BCUT2D eigenvalue weighted by Crippen LogP contribution is -2.41. The number of benzene rings is 2. The van der Waals surface area contributed by atoms with Crippen LogP contribution < -0.4 is 15.4 Å². The molecule has 0 bridgehead atoms. The summed E-state index contributed by atoms with van der Waals surface area (Å²) in [5, 5.41) is 16.8. The minimum absolute atomic E-state index is 0. The predicted octanol–water partition coefficient (Wildman–Crippen LogP) is 3.69. The summed E-state index contributed by atoms with van der Waals surface area (Å²) >= 11 is 0. The fourth-order valence-corrected chi connectivity index (χ4v) is 2.96. The highest BCUT2D eigenvalue weighted by molar-refractivity contribution is 14.0. The van der Waals surface area contributed by atoms with Gasteiger partial charge in [-0.2, -0.15) is 0 Å². The molecular formula is C24H36IN3O3. The Hall–Kier alpha value is -1.84. The number of nitrogens with zero attached hydrogens (tertiary/aromatic N) is 1. The highest BCUT2D eigenvalue weighted by Gasteiger charge is 2.08. The number of aliphatic hydroxyl groups excluding tert-OH is 1. The van der Waals surface area contributed by atoms with Crippen molar-refractivity contribution < 1.29 is 14.6 Å². The Morgan fingerprint density at radius 3 is 2.55 bits per heavy atom. The van der Waals surface area contributed by atoms with Crippen molar-refractivity contribution >= 4 is 29.9 Å². The zero-order chi connectivity index (χ0) is 21.6. The first-order chi connectivity index (χ1) is 14.6. The van der Waals surface area contributed by atoms with Crippen LogP contribution in [0.25, 0.3) is 0 Å². The van der Waals surface area contributed by atoms with Crippen molar-refractivity contribution in [2.24, 2.45) is 4.99 Å². The number of halogens is 1. The molecule has 0 aliphatic rings. The van der Waals surface area contributed by atoms with Gasteiger partial charge in [-0.05, 0) is 38.0 Å². The smallest absolute Gasteiger partial charge is 0.191 e. The zero-order valence-electron chi connectivity index (χ0n) is 18.8. The van der Waals surface area contributed by atoms with Crippen LogP contribution in [0.5, 0.6) is 5.75 Å². The Morgan fingerprint density at radius 1 is 1.06 bits per heavy atom. The minimum atomic E-state index is -0.493. The van der Waals surface area contributed by atoms with Crippen LogP contribution in [0, 0.1) is 6.92 Å². The van der Waals surface area contributed by atoms with Crippen LogP contribution in [0.4, 0.5) is 0 Å². The molecule has 2 aromatic carbocycles. The number of hydrogen-bond acceptors (Lipinski definition) is 4. The second kappa shape index (κ2) is 15.9. The van der Waals surface area contributed by atoms with Crippen molar-refractivity contribution in [2.75, 3.05) is 32.9 Å². The van der Waals surface area contributed by atoms with Crippen molar-refractivity contribution in [1.82, 2.24) is 10.6 Å². The second-order valence-electron chi connectivity index (χ2n) is 7.08. The Morgan fingerprint density at radius 2 is 1.84 bits per heavy atom. The van der Waals surface area contributed by atoms with Crippen LogP contribution in [0.3, 0.4) is 0 Å². The fourth-order valence-electron chi connectivity index (χ4n) is 2.96. The summed E-state index contributed by atoms with van der Waals surface area (Å²) in [6, 6.07) is 16.1. The molecule has 172 valence electrons. The number of guanidine groups is 1. The number of aryl methyl sites for hydroxylation is 1. The third-order valence-corrected chi connectivity index (χ3v) is 4.48. The lowest BCUT2D eigenvalue weighted by atomic mass is 10.1. The molecule has 2 rings (SSSR count). The molecule has 31 heavy (non-hydrogen) atoms. The van der Waals surface area contributed by atoms with E-state index >= 15 is 0 Å². The SMILES string of the molecule is CCNC(=NCc1ccc(C)cc1OCCOCC)NCC(O)Cc1ccccc1.I. The quantitative estimate of drug-likeness (QED) is 0.166. The summed E-state index contributed by atoms with van der Waals surface area (Å²) in [5.74, 6) is 1.50. The molecule has 0 heterocycles. The van der Waals surface area contributed by atoms with E-state index in [1.165, 1.54) is 0 Å². The molecule has 0 amide bonds. The highest BCUT2D eigenvalue weighted by Crippen LogP contribution is 2.21. The van der Waals surface area contributed by atoms with Gasteiger partial charge in [-0.3, -0.25) is 0 Å². The van der Waals surface area contributed by atoms with E-state index in [0.717, 1.165) is 29.0 Å². The maximum Gasteiger partial charge on any atom is 0.191 e. The summed E-state index contributed by atoms with van der Waals surface area (Å²) < 4.78 is 11.3. The van der Waals surface area contributed by atoms with Gasteiger partial charge in [0.25, 0.3) is 0 Å². The van der Waals surface area contributed by atoms with E-state index in [1.807, 2.05) is 63.2 Å².